The average molecular weight is 387 g/mol. The van der Waals surface area contributed by atoms with Gasteiger partial charge in [0.2, 0.25) is 5.91 Å². The van der Waals surface area contributed by atoms with Gasteiger partial charge in [-0.3, -0.25) is 9.69 Å². The van der Waals surface area contributed by atoms with Gasteiger partial charge in [-0.05, 0) is 63.8 Å². The van der Waals surface area contributed by atoms with E-state index in [1.165, 1.54) is 62.4 Å². The third kappa shape index (κ3) is 3.87. The van der Waals surface area contributed by atoms with Gasteiger partial charge >= 0.3 is 0 Å². The van der Waals surface area contributed by atoms with Crippen molar-refractivity contribution in [1.82, 2.24) is 19.4 Å². The fourth-order valence-corrected chi connectivity index (χ4v) is 5.47. The zero-order valence-corrected chi connectivity index (χ0v) is 18.3. The molecule has 2 saturated heterocycles. The van der Waals surface area contributed by atoms with Crippen molar-refractivity contribution in [3.05, 3.63) is 17.2 Å². The maximum Gasteiger partial charge on any atom is 0.227 e. The number of imidazole rings is 1. The SMILES string of the molecule is Cn1c([C@@H]2CCCN2CC2CCN(C(=O)C(C)(C)C)CC2)nc2c1CCCC2. The Hall–Kier alpha value is -1.36. The van der Waals surface area contributed by atoms with Crippen LogP contribution in [0.4, 0.5) is 0 Å². The number of likely N-dealkylation sites (tertiary alicyclic amines) is 2. The second-order valence-corrected chi connectivity index (χ2v) is 10.3. The second kappa shape index (κ2) is 7.81. The van der Waals surface area contributed by atoms with Gasteiger partial charge < -0.3 is 9.47 Å². The Morgan fingerprint density at radius 1 is 1.04 bits per heavy atom. The van der Waals surface area contributed by atoms with Crippen LogP contribution in [0.5, 0.6) is 0 Å². The van der Waals surface area contributed by atoms with E-state index in [9.17, 15) is 4.79 Å². The molecule has 0 radical (unpaired) electrons. The maximum atomic E-state index is 12.5. The van der Waals surface area contributed by atoms with Gasteiger partial charge in [-0.25, -0.2) is 4.98 Å². The normalized spacial score (nSPS) is 24.6. The average Bonchev–Trinajstić information content (AvgIpc) is 3.25. The number of carbonyl (C=O) groups is 1. The minimum absolute atomic E-state index is 0.260. The van der Waals surface area contributed by atoms with Crippen LogP contribution in [0.1, 0.15) is 82.6 Å². The molecule has 156 valence electrons. The van der Waals surface area contributed by atoms with E-state index in [0.29, 0.717) is 17.9 Å². The predicted octanol–water partition coefficient (Wildman–Crippen LogP) is 3.72. The van der Waals surface area contributed by atoms with Crippen molar-refractivity contribution in [2.75, 3.05) is 26.2 Å². The summed E-state index contributed by atoms with van der Waals surface area (Å²) in [6, 6.07) is 0.491. The molecule has 1 aromatic heterocycles. The third-order valence-electron chi connectivity index (χ3n) is 7.11. The van der Waals surface area contributed by atoms with Gasteiger partial charge in [-0.15, -0.1) is 0 Å². The van der Waals surface area contributed by atoms with Crippen molar-refractivity contribution in [3.8, 4) is 0 Å². The number of amides is 1. The predicted molar refractivity (Wildman–Crippen MR) is 112 cm³/mol. The largest absolute Gasteiger partial charge is 0.342 e. The van der Waals surface area contributed by atoms with Crippen LogP contribution in [0.2, 0.25) is 0 Å². The summed E-state index contributed by atoms with van der Waals surface area (Å²) < 4.78 is 2.42. The molecule has 0 spiro atoms. The highest BCUT2D eigenvalue weighted by molar-refractivity contribution is 5.81. The quantitative estimate of drug-likeness (QED) is 0.795. The molecule has 2 aliphatic heterocycles. The Kier molecular flexibility index (Phi) is 5.56. The summed E-state index contributed by atoms with van der Waals surface area (Å²) in [5.41, 5.74) is 2.59. The van der Waals surface area contributed by atoms with Gasteiger partial charge in [0, 0.05) is 37.8 Å². The van der Waals surface area contributed by atoms with E-state index in [-0.39, 0.29) is 5.41 Å². The van der Waals surface area contributed by atoms with E-state index in [2.05, 4.69) is 21.4 Å². The summed E-state index contributed by atoms with van der Waals surface area (Å²) in [7, 11) is 2.24. The summed E-state index contributed by atoms with van der Waals surface area (Å²) in [5.74, 6) is 2.33. The van der Waals surface area contributed by atoms with Gasteiger partial charge in [-0.2, -0.15) is 0 Å². The summed E-state index contributed by atoms with van der Waals surface area (Å²) in [4.78, 5) is 22.4. The Bertz CT molecular complexity index is 709. The van der Waals surface area contributed by atoms with Crippen LogP contribution in [0.15, 0.2) is 0 Å². The molecule has 28 heavy (non-hydrogen) atoms. The zero-order chi connectivity index (χ0) is 19.9. The lowest BCUT2D eigenvalue weighted by atomic mass is 9.90. The van der Waals surface area contributed by atoms with Crippen LogP contribution >= 0.6 is 0 Å². The smallest absolute Gasteiger partial charge is 0.227 e. The van der Waals surface area contributed by atoms with E-state index in [0.717, 1.165) is 32.4 Å². The summed E-state index contributed by atoms with van der Waals surface area (Å²) in [6.07, 6.45) is 9.77. The molecule has 0 saturated carbocycles. The molecule has 1 aliphatic carbocycles. The second-order valence-electron chi connectivity index (χ2n) is 10.3. The van der Waals surface area contributed by atoms with Gasteiger partial charge in [-0.1, -0.05) is 20.8 Å². The number of fused-ring (bicyclic) bond motifs is 1. The molecule has 5 nitrogen and oxygen atoms in total. The molecule has 3 heterocycles. The van der Waals surface area contributed by atoms with Crippen molar-refractivity contribution in [1.29, 1.82) is 0 Å². The molecule has 0 N–H and O–H groups in total. The van der Waals surface area contributed by atoms with E-state index < -0.39 is 0 Å². The minimum atomic E-state index is -0.260. The fraction of sp³-hybridized carbons (Fsp3) is 0.826. The first-order valence-electron chi connectivity index (χ1n) is 11.4. The highest BCUT2D eigenvalue weighted by Crippen LogP contribution is 2.35. The lowest BCUT2D eigenvalue weighted by molar-refractivity contribution is -0.141. The van der Waals surface area contributed by atoms with Crippen LogP contribution in [0.25, 0.3) is 0 Å². The number of aromatic nitrogens is 2. The van der Waals surface area contributed by atoms with Crippen molar-refractivity contribution in [2.24, 2.45) is 18.4 Å². The first-order valence-corrected chi connectivity index (χ1v) is 11.4. The number of aryl methyl sites for hydroxylation is 1. The lowest BCUT2D eigenvalue weighted by Crippen LogP contribution is -2.45. The molecule has 1 aromatic rings. The first-order chi connectivity index (χ1) is 13.3. The molecule has 3 aliphatic rings. The van der Waals surface area contributed by atoms with Crippen LogP contribution < -0.4 is 0 Å². The monoisotopic (exact) mass is 386 g/mol. The Morgan fingerprint density at radius 3 is 2.43 bits per heavy atom. The standard InChI is InChI=1S/C23H38N4O/c1-23(2,3)22(28)26-14-11-17(12-15-26)16-27-13-7-10-20(27)21-24-18-8-5-6-9-19(18)25(21)4/h17,20H,5-16H2,1-4H3/t20-/m0/s1. The molecule has 1 amide bonds. The van der Waals surface area contributed by atoms with Crippen LogP contribution in [0, 0.1) is 11.3 Å². The Labute approximate surface area is 170 Å². The molecule has 0 aromatic carbocycles. The van der Waals surface area contributed by atoms with E-state index in [1.54, 1.807) is 0 Å². The lowest BCUT2D eigenvalue weighted by Gasteiger charge is -2.37. The van der Waals surface area contributed by atoms with Crippen molar-refractivity contribution in [3.63, 3.8) is 0 Å². The molecule has 0 unspecified atom stereocenters. The molecular weight excluding hydrogens is 348 g/mol. The number of piperidine rings is 1. The molecule has 2 fully saturated rings. The third-order valence-corrected chi connectivity index (χ3v) is 7.11. The van der Waals surface area contributed by atoms with Crippen LogP contribution in [0.3, 0.4) is 0 Å². The number of carbonyl (C=O) groups excluding carboxylic acids is 1. The number of hydrogen-bond donors (Lipinski definition) is 0. The number of nitrogens with zero attached hydrogens (tertiary/aromatic N) is 4. The minimum Gasteiger partial charge on any atom is -0.342 e. The zero-order valence-electron chi connectivity index (χ0n) is 18.3. The topological polar surface area (TPSA) is 41.4 Å². The van der Waals surface area contributed by atoms with Crippen molar-refractivity contribution < 1.29 is 4.79 Å². The molecular formula is C23H38N4O. The molecule has 4 rings (SSSR count). The van der Waals surface area contributed by atoms with Crippen LogP contribution in [-0.2, 0) is 24.7 Å². The summed E-state index contributed by atoms with van der Waals surface area (Å²) in [6.45, 7) is 10.3. The Morgan fingerprint density at radius 2 is 1.75 bits per heavy atom. The van der Waals surface area contributed by atoms with Crippen LogP contribution in [-0.4, -0.2) is 51.4 Å². The highest BCUT2D eigenvalue weighted by atomic mass is 16.2. The fourth-order valence-electron chi connectivity index (χ4n) is 5.47. The number of rotatable bonds is 3. The van der Waals surface area contributed by atoms with E-state index >= 15 is 0 Å². The first kappa shape index (κ1) is 19.9. The van der Waals surface area contributed by atoms with E-state index in [4.69, 9.17) is 4.98 Å². The van der Waals surface area contributed by atoms with Gasteiger partial charge in [0.1, 0.15) is 5.82 Å². The molecule has 1 atom stereocenters. The maximum absolute atomic E-state index is 12.5. The van der Waals surface area contributed by atoms with Gasteiger partial charge in [0.25, 0.3) is 0 Å². The summed E-state index contributed by atoms with van der Waals surface area (Å²) in [5, 5.41) is 0. The highest BCUT2D eigenvalue weighted by Gasteiger charge is 2.35. The van der Waals surface area contributed by atoms with Gasteiger partial charge in [0.15, 0.2) is 0 Å². The van der Waals surface area contributed by atoms with Crippen molar-refractivity contribution >= 4 is 5.91 Å². The Balaban J connectivity index is 1.38. The molecule has 5 heteroatoms. The van der Waals surface area contributed by atoms with Gasteiger partial charge in [0.05, 0.1) is 11.7 Å². The van der Waals surface area contributed by atoms with Crippen molar-refractivity contribution in [2.45, 2.75) is 78.2 Å². The number of hydrogen-bond acceptors (Lipinski definition) is 3. The molecule has 0 bridgehead atoms. The summed E-state index contributed by atoms with van der Waals surface area (Å²) >= 11 is 0. The van der Waals surface area contributed by atoms with E-state index in [1.807, 2.05) is 20.8 Å².